The molecule has 0 aliphatic carbocycles. The molecule has 1 rings (SSSR count). The first-order valence-electron chi connectivity index (χ1n) is 6.12. The summed E-state index contributed by atoms with van der Waals surface area (Å²) in [6.45, 7) is 2.19. The highest BCUT2D eigenvalue weighted by atomic mass is 35.5. The topological polar surface area (TPSA) is 70.0 Å². The van der Waals surface area contributed by atoms with Crippen molar-refractivity contribution in [3.8, 4) is 6.07 Å². The summed E-state index contributed by atoms with van der Waals surface area (Å²) >= 11 is 5.68. The van der Waals surface area contributed by atoms with E-state index in [1.807, 2.05) is 0 Å². The quantitative estimate of drug-likeness (QED) is 0.880. The molecule has 122 valence electrons. The molecule has 0 saturated carbocycles. The zero-order valence-electron chi connectivity index (χ0n) is 11.8. The number of nitrogens with one attached hydrogen (secondary N) is 1. The van der Waals surface area contributed by atoms with Crippen molar-refractivity contribution in [1.29, 1.82) is 5.26 Å². The summed E-state index contributed by atoms with van der Waals surface area (Å²) in [4.78, 5) is -0.317. The number of alkyl halides is 3. The maximum absolute atomic E-state index is 12.4. The van der Waals surface area contributed by atoms with Gasteiger partial charge in [0.15, 0.2) is 0 Å². The molecule has 0 radical (unpaired) electrons. The Morgan fingerprint density at radius 2 is 1.91 bits per heavy atom. The van der Waals surface area contributed by atoms with Gasteiger partial charge in [0.25, 0.3) is 0 Å². The highest BCUT2D eigenvalue weighted by Gasteiger charge is 2.37. The van der Waals surface area contributed by atoms with Gasteiger partial charge in [-0.2, -0.15) is 18.4 Å². The molecule has 0 heterocycles. The van der Waals surface area contributed by atoms with Gasteiger partial charge in [0.1, 0.15) is 6.07 Å². The summed E-state index contributed by atoms with van der Waals surface area (Å²) in [5.41, 5.74) is -1.49. The van der Waals surface area contributed by atoms with Crippen LogP contribution in [0.2, 0.25) is 5.02 Å². The fourth-order valence-electron chi connectivity index (χ4n) is 1.80. The average Bonchev–Trinajstić information content (AvgIpc) is 2.33. The van der Waals surface area contributed by atoms with Crippen molar-refractivity contribution in [3.63, 3.8) is 0 Å². The fraction of sp³-hybridized carbons (Fsp3) is 0.462. The predicted molar refractivity (Wildman–Crippen MR) is 75.8 cm³/mol. The Balaban J connectivity index is 2.96. The fourth-order valence-corrected chi connectivity index (χ4v) is 3.35. The van der Waals surface area contributed by atoms with Crippen LogP contribution >= 0.6 is 11.6 Å². The number of nitrogens with zero attached hydrogens (tertiary/aromatic N) is 1. The lowest BCUT2D eigenvalue weighted by Crippen LogP contribution is -2.37. The Morgan fingerprint density at radius 1 is 1.32 bits per heavy atom. The van der Waals surface area contributed by atoms with Crippen LogP contribution in [0.25, 0.3) is 0 Å². The monoisotopic (exact) mass is 354 g/mol. The summed E-state index contributed by atoms with van der Waals surface area (Å²) in [5.74, 6) is 0. The summed E-state index contributed by atoms with van der Waals surface area (Å²) in [7, 11) is -4.11. The molecule has 9 heteroatoms. The number of hydrogen-bond donors (Lipinski definition) is 1. The minimum Gasteiger partial charge on any atom is -0.211 e. The van der Waals surface area contributed by atoms with Gasteiger partial charge in [0.05, 0.1) is 10.5 Å². The van der Waals surface area contributed by atoms with Gasteiger partial charge in [0, 0.05) is 18.0 Å². The van der Waals surface area contributed by atoms with Crippen LogP contribution in [-0.2, 0) is 10.0 Å². The minimum absolute atomic E-state index is 0.173. The van der Waals surface area contributed by atoms with E-state index in [1.54, 1.807) is 6.07 Å². The summed E-state index contributed by atoms with van der Waals surface area (Å²) in [5, 5.41) is 9.13. The smallest absolute Gasteiger partial charge is 0.211 e. The molecule has 0 unspecified atom stereocenters. The zero-order chi connectivity index (χ0) is 17.2. The highest BCUT2D eigenvalue weighted by molar-refractivity contribution is 7.89. The Morgan fingerprint density at radius 3 is 2.41 bits per heavy atom. The van der Waals surface area contributed by atoms with E-state index in [0.29, 0.717) is 0 Å². The van der Waals surface area contributed by atoms with E-state index >= 15 is 0 Å². The van der Waals surface area contributed by atoms with Crippen molar-refractivity contribution in [2.45, 2.75) is 31.3 Å². The van der Waals surface area contributed by atoms with E-state index in [9.17, 15) is 21.6 Å². The highest BCUT2D eigenvalue weighted by Crippen LogP contribution is 2.32. The third-order valence-corrected chi connectivity index (χ3v) is 4.47. The summed E-state index contributed by atoms with van der Waals surface area (Å²) in [6, 6.07) is 5.30. The molecule has 1 N–H and O–H groups in total. The standard InChI is InChI=1S/C13H14ClF3N2O2S/c1-12(2,7-13(15,16)17)8-19-22(20,21)11-4-3-10(14)5-9(11)6-18/h3-5,19H,7-8H2,1-2H3. The van der Waals surface area contributed by atoms with E-state index in [0.717, 1.165) is 6.07 Å². The number of nitriles is 1. The van der Waals surface area contributed by atoms with Crippen LogP contribution in [0, 0.1) is 16.7 Å². The van der Waals surface area contributed by atoms with Crippen molar-refractivity contribution in [3.05, 3.63) is 28.8 Å². The molecule has 0 atom stereocenters. The van der Waals surface area contributed by atoms with Gasteiger partial charge in [-0.3, -0.25) is 0 Å². The number of hydrogen-bond acceptors (Lipinski definition) is 3. The summed E-state index contributed by atoms with van der Waals surface area (Å²) in [6.07, 6.45) is -5.53. The van der Waals surface area contributed by atoms with E-state index in [4.69, 9.17) is 16.9 Å². The number of rotatable bonds is 5. The minimum atomic E-state index is -4.40. The van der Waals surface area contributed by atoms with Crippen molar-refractivity contribution in [2.24, 2.45) is 5.41 Å². The van der Waals surface area contributed by atoms with Gasteiger partial charge in [-0.1, -0.05) is 25.4 Å². The van der Waals surface area contributed by atoms with E-state index < -0.39 is 34.6 Å². The lowest BCUT2D eigenvalue weighted by Gasteiger charge is -2.26. The molecule has 0 aromatic heterocycles. The normalized spacial score (nSPS) is 13.0. The predicted octanol–water partition coefficient (Wildman–Crippen LogP) is 3.47. The van der Waals surface area contributed by atoms with Crippen molar-refractivity contribution < 1.29 is 21.6 Å². The van der Waals surface area contributed by atoms with Crippen LogP contribution in [-0.4, -0.2) is 21.1 Å². The molecule has 0 spiro atoms. The van der Waals surface area contributed by atoms with E-state index in [2.05, 4.69) is 4.72 Å². The van der Waals surface area contributed by atoms with E-state index in [1.165, 1.54) is 26.0 Å². The van der Waals surface area contributed by atoms with Crippen molar-refractivity contribution in [2.75, 3.05) is 6.54 Å². The molecule has 0 saturated heterocycles. The average molecular weight is 355 g/mol. The van der Waals surface area contributed by atoms with Crippen LogP contribution in [0.3, 0.4) is 0 Å². The zero-order valence-corrected chi connectivity index (χ0v) is 13.4. The maximum Gasteiger partial charge on any atom is 0.389 e. The Labute approximate surface area is 131 Å². The largest absolute Gasteiger partial charge is 0.389 e. The molecule has 1 aromatic carbocycles. The first-order valence-corrected chi connectivity index (χ1v) is 7.98. The Kier molecular flexibility index (Phi) is 5.49. The molecule has 0 fully saturated rings. The molecule has 0 amide bonds. The lowest BCUT2D eigenvalue weighted by atomic mass is 9.89. The van der Waals surface area contributed by atoms with Crippen LogP contribution < -0.4 is 4.72 Å². The molecule has 0 aliphatic heterocycles. The van der Waals surface area contributed by atoms with Crippen molar-refractivity contribution >= 4 is 21.6 Å². The number of halogens is 4. The second-order valence-electron chi connectivity index (χ2n) is 5.53. The van der Waals surface area contributed by atoms with Crippen LogP contribution in [0.5, 0.6) is 0 Å². The molecule has 4 nitrogen and oxygen atoms in total. The molecule has 0 aliphatic rings. The number of benzene rings is 1. The van der Waals surface area contributed by atoms with Gasteiger partial charge >= 0.3 is 6.18 Å². The first kappa shape index (κ1) is 18.7. The first-order chi connectivity index (χ1) is 9.86. The second kappa shape index (κ2) is 6.44. The van der Waals surface area contributed by atoms with Crippen molar-refractivity contribution in [1.82, 2.24) is 4.72 Å². The number of sulfonamides is 1. The van der Waals surface area contributed by atoms with Gasteiger partial charge in [-0.05, 0) is 23.6 Å². The molecular weight excluding hydrogens is 341 g/mol. The lowest BCUT2D eigenvalue weighted by molar-refractivity contribution is -0.153. The Bertz CT molecular complexity index is 694. The molecular formula is C13H14ClF3N2O2S. The molecule has 1 aromatic rings. The van der Waals surface area contributed by atoms with Crippen LogP contribution in [0.4, 0.5) is 13.2 Å². The van der Waals surface area contributed by atoms with Gasteiger partial charge in [-0.15, -0.1) is 0 Å². The van der Waals surface area contributed by atoms with Gasteiger partial charge in [-0.25, -0.2) is 13.1 Å². The maximum atomic E-state index is 12.4. The summed E-state index contributed by atoms with van der Waals surface area (Å²) < 4.78 is 63.7. The third-order valence-electron chi connectivity index (χ3n) is 2.77. The Hall–Kier alpha value is -1.30. The van der Waals surface area contributed by atoms with Crippen LogP contribution in [0.1, 0.15) is 25.8 Å². The molecule has 0 bridgehead atoms. The molecule has 22 heavy (non-hydrogen) atoms. The third kappa shape index (κ3) is 5.48. The van der Waals surface area contributed by atoms with Gasteiger partial charge in [0.2, 0.25) is 10.0 Å². The van der Waals surface area contributed by atoms with Crippen LogP contribution in [0.15, 0.2) is 23.1 Å². The van der Waals surface area contributed by atoms with Gasteiger partial charge < -0.3 is 0 Å². The van der Waals surface area contributed by atoms with E-state index in [-0.39, 0.29) is 15.5 Å². The SMILES string of the molecule is CC(C)(CNS(=O)(=O)c1ccc(Cl)cc1C#N)CC(F)(F)F. The second-order valence-corrected chi connectivity index (χ2v) is 7.70.